The van der Waals surface area contributed by atoms with Crippen molar-refractivity contribution in [1.82, 2.24) is 4.90 Å². The molecular weight excluding hydrogens is 273 g/mol. The Bertz CT molecular complexity index is 516. The Labute approximate surface area is 124 Å². The molecule has 0 spiro atoms. The van der Waals surface area contributed by atoms with Crippen LogP contribution in [0.25, 0.3) is 0 Å². The number of nitrogens with one attached hydrogen (secondary N) is 1. The standard InChI is InChI=1S/C15H22FN3O2/c1-19(10-15(20)4-6-21-7-5-15)9-11-2-3-12(16)8-13(11)14(17)18/h2-3,8,20H,4-7,9-10H2,1H3,(H3,17,18). The van der Waals surface area contributed by atoms with Crippen LogP contribution in [-0.2, 0) is 11.3 Å². The Balaban J connectivity index is 2.05. The predicted octanol–water partition coefficient (Wildman–Crippen LogP) is 1.08. The quantitative estimate of drug-likeness (QED) is 0.561. The summed E-state index contributed by atoms with van der Waals surface area (Å²) in [6.45, 7) is 2.14. The minimum absolute atomic E-state index is 0.150. The molecule has 0 unspecified atom stereocenters. The van der Waals surface area contributed by atoms with Gasteiger partial charge in [-0.15, -0.1) is 0 Å². The number of aliphatic hydroxyl groups is 1. The zero-order valence-corrected chi connectivity index (χ0v) is 12.2. The van der Waals surface area contributed by atoms with E-state index in [-0.39, 0.29) is 5.84 Å². The zero-order chi connectivity index (χ0) is 15.5. The van der Waals surface area contributed by atoms with Crippen molar-refractivity contribution in [3.63, 3.8) is 0 Å². The van der Waals surface area contributed by atoms with E-state index < -0.39 is 11.4 Å². The molecule has 0 amide bonds. The first kappa shape index (κ1) is 15.9. The maximum Gasteiger partial charge on any atom is 0.123 e. The van der Waals surface area contributed by atoms with Crippen molar-refractivity contribution < 1.29 is 14.2 Å². The second-order valence-corrected chi connectivity index (χ2v) is 5.72. The molecule has 1 aromatic carbocycles. The van der Waals surface area contributed by atoms with Crippen LogP contribution in [0, 0.1) is 11.2 Å². The van der Waals surface area contributed by atoms with Crippen LogP contribution in [0.15, 0.2) is 18.2 Å². The first-order valence-electron chi connectivity index (χ1n) is 7.01. The fraction of sp³-hybridized carbons (Fsp3) is 0.533. The van der Waals surface area contributed by atoms with Gasteiger partial charge in [-0.3, -0.25) is 10.3 Å². The fourth-order valence-electron chi connectivity index (χ4n) is 2.70. The first-order chi connectivity index (χ1) is 9.89. The highest BCUT2D eigenvalue weighted by Gasteiger charge is 2.31. The predicted molar refractivity (Wildman–Crippen MR) is 78.8 cm³/mol. The van der Waals surface area contributed by atoms with Crippen LogP contribution >= 0.6 is 0 Å². The average molecular weight is 295 g/mol. The average Bonchev–Trinajstić information content (AvgIpc) is 2.40. The topological polar surface area (TPSA) is 82.6 Å². The highest BCUT2D eigenvalue weighted by atomic mass is 19.1. The fourth-order valence-corrected chi connectivity index (χ4v) is 2.70. The summed E-state index contributed by atoms with van der Waals surface area (Å²) in [6.07, 6.45) is 1.22. The molecular formula is C15H22FN3O2. The lowest BCUT2D eigenvalue weighted by molar-refractivity contribution is -0.0777. The number of halogens is 1. The summed E-state index contributed by atoms with van der Waals surface area (Å²) in [6, 6.07) is 4.27. The van der Waals surface area contributed by atoms with E-state index in [2.05, 4.69) is 0 Å². The molecule has 0 aromatic heterocycles. The van der Waals surface area contributed by atoms with Gasteiger partial charge in [0.1, 0.15) is 11.7 Å². The van der Waals surface area contributed by atoms with Gasteiger partial charge >= 0.3 is 0 Å². The molecule has 116 valence electrons. The minimum Gasteiger partial charge on any atom is -0.388 e. The van der Waals surface area contributed by atoms with Gasteiger partial charge < -0.3 is 15.6 Å². The number of likely N-dealkylation sites (N-methyl/N-ethyl adjacent to an activating group) is 1. The maximum atomic E-state index is 13.3. The van der Waals surface area contributed by atoms with Gasteiger partial charge in [-0.2, -0.15) is 0 Å². The molecule has 1 aromatic rings. The molecule has 1 saturated heterocycles. The summed E-state index contributed by atoms with van der Waals surface area (Å²) in [5, 5.41) is 18.0. The van der Waals surface area contributed by atoms with E-state index in [9.17, 15) is 9.50 Å². The van der Waals surface area contributed by atoms with Gasteiger partial charge in [-0.05, 0) is 24.7 Å². The lowest BCUT2D eigenvalue weighted by Crippen LogP contribution is -2.45. The molecule has 2 rings (SSSR count). The summed E-state index contributed by atoms with van der Waals surface area (Å²) in [4.78, 5) is 1.96. The second kappa shape index (κ2) is 6.51. The number of nitrogens with zero attached hydrogens (tertiary/aromatic N) is 1. The van der Waals surface area contributed by atoms with E-state index in [0.29, 0.717) is 44.7 Å². The van der Waals surface area contributed by atoms with Gasteiger partial charge in [0.15, 0.2) is 0 Å². The molecule has 0 atom stereocenters. The van der Waals surface area contributed by atoms with E-state index in [4.69, 9.17) is 15.9 Å². The van der Waals surface area contributed by atoms with Gasteiger partial charge in [0.25, 0.3) is 0 Å². The lowest BCUT2D eigenvalue weighted by atomic mass is 9.93. The lowest BCUT2D eigenvalue weighted by Gasteiger charge is -2.35. The largest absolute Gasteiger partial charge is 0.388 e. The smallest absolute Gasteiger partial charge is 0.123 e. The Morgan fingerprint density at radius 1 is 1.48 bits per heavy atom. The summed E-state index contributed by atoms with van der Waals surface area (Å²) < 4.78 is 18.5. The van der Waals surface area contributed by atoms with Crippen LogP contribution in [0.4, 0.5) is 4.39 Å². The van der Waals surface area contributed by atoms with E-state index >= 15 is 0 Å². The summed E-state index contributed by atoms with van der Waals surface area (Å²) in [5.41, 5.74) is 5.94. The molecule has 0 radical (unpaired) electrons. The minimum atomic E-state index is -0.747. The van der Waals surface area contributed by atoms with Gasteiger partial charge in [-0.1, -0.05) is 6.07 Å². The molecule has 0 saturated carbocycles. The van der Waals surface area contributed by atoms with Crippen molar-refractivity contribution in [3.05, 3.63) is 35.1 Å². The monoisotopic (exact) mass is 295 g/mol. The van der Waals surface area contributed by atoms with E-state index in [1.165, 1.54) is 12.1 Å². The molecule has 5 nitrogen and oxygen atoms in total. The molecule has 1 aliphatic heterocycles. The van der Waals surface area contributed by atoms with Crippen LogP contribution in [0.2, 0.25) is 0 Å². The van der Waals surface area contributed by atoms with Crippen LogP contribution < -0.4 is 5.73 Å². The van der Waals surface area contributed by atoms with Gasteiger partial charge in [0, 0.05) is 44.7 Å². The van der Waals surface area contributed by atoms with Crippen molar-refractivity contribution in [3.8, 4) is 0 Å². The highest BCUT2D eigenvalue weighted by molar-refractivity contribution is 5.96. The number of benzene rings is 1. The normalized spacial score (nSPS) is 17.9. The van der Waals surface area contributed by atoms with Crippen LogP contribution in [0.3, 0.4) is 0 Å². The molecule has 0 aliphatic carbocycles. The van der Waals surface area contributed by atoms with Gasteiger partial charge in [-0.25, -0.2) is 4.39 Å². The molecule has 4 N–H and O–H groups in total. The number of hydrogen-bond donors (Lipinski definition) is 3. The number of amidine groups is 1. The van der Waals surface area contributed by atoms with Gasteiger partial charge in [0.05, 0.1) is 5.60 Å². The number of nitrogen functional groups attached to an aromatic ring is 1. The maximum absolute atomic E-state index is 13.3. The summed E-state index contributed by atoms with van der Waals surface area (Å²) >= 11 is 0. The van der Waals surface area contributed by atoms with Crippen molar-refractivity contribution in [2.45, 2.75) is 25.0 Å². The Morgan fingerprint density at radius 3 is 2.76 bits per heavy atom. The number of hydrogen-bond acceptors (Lipinski definition) is 4. The molecule has 0 bridgehead atoms. The third kappa shape index (κ3) is 4.23. The van der Waals surface area contributed by atoms with Crippen LogP contribution in [0.1, 0.15) is 24.0 Å². The van der Waals surface area contributed by atoms with E-state index in [1.54, 1.807) is 6.07 Å². The molecule has 1 aliphatic rings. The number of ether oxygens (including phenoxy) is 1. The third-order valence-corrected chi connectivity index (χ3v) is 3.79. The van der Waals surface area contributed by atoms with Crippen molar-refractivity contribution in [2.75, 3.05) is 26.8 Å². The molecule has 1 heterocycles. The zero-order valence-electron chi connectivity index (χ0n) is 12.2. The highest BCUT2D eigenvalue weighted by Crippen LogP contribution is 2.22. The van der Waals surface area contributed by atoms with Crippen molar-refractivity contribution in [1.29, 1.82) is 5.41 Å². The molecule has 21 heavy (non-hydrogen) atoms. The Kier molecular flexibility index (Phi) is 4.92. The first-order valence-corrected chi connectivity index (χ1v) is 7.01. The number of rotatable bonds is 5. The summed E-state index contributed by atoms with van der Waals surface area (Å²) in [7, 11) is 1.89. The van der Waals surface area contributed by atoms with Crippen LogP contribution in [-0.4, -0.2) is 48.2 Å². The Morgan fingerprint density at radius 2 is 2.14 bits per heavy atom. The number of nitrogens with two attached hydrogens (primary N) is 1. The third-order valence-electron chi connectivity index (χ3n) is 3.79. The van der Waals surface area contributed by atoms with Crippen molar-refractivity contribution in [2.24, 2.45) is 5.73 Å². The second-order valence-electron chi connectivity index (χ2n) is 5.72. The SMILES string of the molecule is CN(Cc1ccc(F)cc1C(=N)N)CC1(O)CCOCC1. The molecule has 1 fully saturated rings. The molecule has 6 heteroatoms. The van der Waals surface area contributed by atoms with Crippen LogP contribution in [0.5, 0.6) is 0 Å². The van der Waals surface area contributed by atoms with Gasteiger partial charge in [0.2, 0.25) is 0 Å². The van der Waals surface area contributed by atoms with E-state index in [0.717, 1.165) is 5.56 Å². The Hall–Kier alpha value is -1.50. The van der Waals surface area contributed by atoms with Crippen molar-refractivity contribution >= 4 is 5.84 Å². The summed E-state index contributed by atoms with van der Waals surface area (Å²) in [5.74, 6) is -0.558. The van der Waals surface area contributed by atoms with E-state index in [1.807, 2.05) is 11.9 Å².